The van der Waals surface area contributed by atoms with Gasteiger partial charge < -0.3 is 0 Å². The second-order valence-electron chi connectivity index (χ2n) is 4.59. The molecule has 80 valence electrons. The van der Waals surface area contributed by atoms with Gasteiger partial charge in [-0.15, -0.1) is 11.3 Å². The van der Waals surface area contributed by atoms with Crippen molar-refractivity contribution in [2.24, 2.45) is 0 Å². The van der Waals surface area contributed by atoms with Crippen LogP contribution in [0, 0.1) is 0 Å². The number of carbonyl (C=O) groups is 1. The lowest BCUT2D eigenvalue weighted by Crippen LogP contribution is -2.07. The number of hydrogen-bond donors (Lipinski definition) is 0. The number of aromatic nitrogens is 1. The van der Waals surface area contributed by atoms with Crippen LogP contribution in [-0.4, -0.2) is 10.8 Å². The largest absolute Gasteiger partial charge is 0.293 e. The SMILES string of the molecule is O=C1CCCc2nc(C3CCCC3)sc21. The lowest BCUT2D eigenvalue weighted by molar-refractivity contribution is 0.0976. The first-order valence-electron chi connectivity index (χ1n) is 5.87. The van der Waals surface area contributed by atoms with Crippen molar-refractivity contribution in [3.63, 3.8) is 0 Å². The number of nitrogens with zero attached hydrogens (tertiary/aromatic N) is 1. The number of carbonyl (C=O) groups excluding carboxylic acids is 1. The highest BCUT2D eigenvalue weighted by molar-refractivity contribution is 7.14. The summed E-state index contributed by atoms with van der Waals surface area (Å²) < 4.78 is 0. The maximum Gasteiger partial charge on any atom is 0.174 e. The summed E-state index contributed by atoms with van der Waals surface area (Å²) in [5.74, 6) is 0.992. The minimum absolute atomic E-state index is 0.331. The highest BCUT2D eigenvalue weighted by Crippen LogP contribution is 2.38. The zero-order valence-electron chi connectivity index (χ0n) is 8.79. The van der Waals surface area contributed by atoms with Crippen molar-refractivity contribution in [3.05, 3.63) is 15.6 Å². The Morgan fingerprint density at radius 1 is 1.13 bits per heavy atom. The Labute approximate surface area is 93.7 Å². The number of hydrogen-bond acceptors (Lipinski definition) is 3. The maximum atomic E-state index is 11.7. The quantitative estimate of drug-likeness (QED) is 0.728. The van der Waals surface area contributed by atoms with Crippen LogP contribution in [0.15, 0.2) is 0 Å². The molecule has 0 bridgehead atoms. The van der Waals surface area contributed by atoms with Crippen molar-refractivity contribution in [1.82, 2.24) is 4.98 Å². The monoisotopic (exact) mass is 221 g/mol. The van der Waals surface area contributed by atoms with Crippen LogP contribution in [0.25, 0.3) is 0 Å². The lowest BCUT2D eigenvalue weighted by atomic mass is 10.0. The van der Waals surface area contributed by atoms with Crippen LogP contribution < -0.4 is 0 Å². The van der Waals surface area contributed by atoms with Crippen molar-refractivity contribution in [3.8, 4) is 0 Å². The first-order valence-corrected chi connectivity index (χ1v) is 6.69. The third-order valence-electron chi connectivity index (χ3n) is 3.49. The summed E-state index contributed by atoms with van der Waals surface area (Å²) in [5, 5.41) is 1.24. The average Bonchev–Trinajstić information content (AvgIpc) is 2.86. The summed E-state index contributed by atoms with van der Waals surface area (Å²) in [7, 11) is 0. The normalized spacial score (nSPS) is 22.0. The highest BCUT2D eigenvalue weighted by Gasteiger charge is 2.26. The predicted molar refractivity (Wildman–Crippen MR) is 60.6 cm³/mol. The third kappa shape index (κ3) is 1.63. The Morgan fingerprint density at radius 2 is 1.93 bits per heavy atom. The fraction of sp³-hybridized carbons (Fsp3) is 0.667. The van der Waals surface area contributed by atoms with E-state index in [1.54, 1.807) is 11.3 Å². The van der Waals surface area contributed by atoms with E-state index in [4.69, 9.17) is 0 Å². The van der Waals surface area contributed by atoms with Crippen molar-refractivity contribution >= 4 is 17.1 Å². The zero-order chi connectivity index (χ0) is 10.3. The van der Waals surface area contributed by atoms with Gasteiger partial charge in [-0.3, -0.25) is 4.79 Å². The van der Waals surface area contributed by atoms with Gasteiger partial charge in [0.25, 0.3) is 0 Å². The van der Waals surface area contributed by atoms with Crippen LogP contribution in [0.3, 0.4) is 0 Å². The molecule has 0 unspecified atom stereocenters. The van der Waals surface area contributed by atoms with E-state index in [1.807, 2.05) is 0 Å². The van der Waals surface area contributed by atoms with Crippen molar-refractivity contribution in [2.45, 2.75) is 50.9 Å². The molecule has 0 saturated heterocycles. The molecule has 0 aliphatic heterocycles. The fourth-order valence-corrected chi connectivity index (χ4v) is 3.88. The van der Waals surface area contributed by atoms with Gasteiger partial charge in [-0.1, -0.05) is 12.8 Å². The molecule has 3 rings (SSSR count). The van der Waals surface area contributed by atoms with E-state index in [0.717, 1.165) is 29.8 Å². The van der Waals surface area contributed by atoms with Crippen molar-refractivity contribution in [1.29, 1.82) is 0 Å². The standard InChI is InChI=1S/C12H15NOS/c14-10-7-3-6-9-11(10)15-12(13-9)8-4-1-2-5-8/h8H,1-7H2. The zero-order valence-corrected chi connectivity index (χ0v) is 9.61. The molecule has 1 aromatic rings. The second-order valence-corrected chi connectivity index (χ2v) is 5.62. The average molecular weight is 221 g/mol. The lowest BCUT2D eigenvalue weighted by Gasteiger charge is -2.06. The molecule has 0 N–H and O–H groups in total. The van der Waals surface area contributed by atoms with Gasteiger partial charge in [-0.05, 0) is 25.7 Å². The molecule has 3 heteroatoms. The molecule has 2 aliphatic rings. The van der Waals surface area contributed by atoms with Gasteiger partial charge in [0.05, 0.1) is 15.6 Å². The van der Waals surface area contributed by atoms with Crippen LogP contribution in [0.1, 0.15) is 64.8 Å². The summed E-state index contributed by atoms with van der Waals surface area (Å²) in [4.78, 5) is 17.3. The number of thiazole rings is 1. The van der Waals surface area contributed by atoms with Crippen molar-refractivity contribution in [2.75, 3.05) is 0 Å². The second kappa shape index (κ2) is 3.71. The molecule has 0 radical (unpaired) electrons. The highest BCUT2D eigenvalue weighted by atomic mass is 32.1. The fourth-order valence-electron chi connectivity index (χ4n) is 2.63. The van der Waals surface area contributed by atoms with Gasteiger partial charge in [-0.25, -0.2) is 4.98 Å². The molecule has 0 atom stereocenters. The van der Waals surface area contributed by atoms with E-state index in [0.29, 0.717) is 11.7 Å². The number of Topliss-reactive ketones (excluding diaryl/α,β-unsaturated/α-hetero) is 1. The van der Waals surface area contributed by atoms with Crippen LogP contribution in [0.2, 0.25) is 0 Å². The molecule has 0 amide bonds. The number of aryl methyl sites for hydroxylation is 1. The Kier molecular flexibility index (Phi) is 2.35. The summed E-state index contributed by atoms with van der Waals surface area (Å²) in [6.45, 7) is 0. The van der Waals surface area contributed by atoms with Gasteiger partial charge in [0.15, 0.2) is 5.78 Å². The number of rotatable bonds is 1. The molecule has 0 aromatic carbocycles. The van der Waals surface area contributed by atoms with E-state index in [-0.39, 0.29) is 0 Å². The predicted octanol–water partition coefficient (Wildman–Crippen LogP) is 3.32. The smallest absolute Gasteiger partial charge is 0.174 e. The first kappa shape index (κ1) is 9.52. The Morgan fingerprint density at radius 3 is 2.67 bits per heavy atom. The number of ketones is 1. The molecule has 1 aromatic heterocycles. The molecule has 2 nitrogen and oxygen atoms in total. The van der Waals surface area contributed by atoms with Crippen molar-refractivity contribution < 1.29 is 4.79 Å². The van der Waals surface area contributed by atoms with Gasteiger partial charge in [0.2, 0.25) is 0 Å². The van der Waals surface area contributed by atoms with E-state index >= 15 is 0 Å². The van der Waals surface area contributed by atoms with Crippen LogP contribution >= 0.6 is 11.3 Å². The van der Waals surface area contributed by atoms with Gasteiger partial charge >= 0.3 is 0 Å². The maximum absolute atomic E-state index is 11.7. The van der Waals surface area contributed by atoms with Crippen LogP contribution in [0.4, 0.5) is 0 Å². The Hall–Kier alpha value is -0.700. The molecular formula is C12H15NOS. The summed E-state index contributed by atoms with van der Waals surface area (Å²) in [5.41, 5.74) is 1.10. The Balaban J connectivity index is 1.94. The summed E-state index contributed by atoms with van der Waals surface area (Å²) >= 11 is 1.68. The molecular weight excluding hydrogens is 206 g/mol. The molecule has 1 fully saturated rings. The molecule has 1 saturated carbocycles. The third-order valence-corrected chi connectivity index (χ3v) is 4.79. The molecule has 0 spiro atoms. The minimum Gasteiger partial charge on any atom is -0.293 e. The minimum atomic E-state index is 0.331. The van der Waals surface area contributed by atoms with E-state index < -0.39 is 0 Å². The Bertz CT molecular complexity index is 390. The summed E-state index contributed by atoms with van der Waals surface area (Å²) in [6, 6.07) is 0. The van der Waals surface area contributed by atoms with E-state index in [1.165, 1.54) is 30.7 Å². The van der Waals surface area contributed by atoms with E-state index in [9.17, 15) is 4.79 Å². The van der Waals surface area contributed by atoms with Gasteiger partial charge in [0.1, 0.15) is 0 Å². The number of fused-ring (bicyclic) bond motifs is 1. The molecule has 2 aliphatic carbocycles. The van der Waals surface area contributed by atoms with Crippen LogP contribution in [0.5, 0.6) is 0 Å². The van der Waals surface area contributed by atoms with E-state index in [2.05, 4.69) is 4.98 Å². The molecule has 15 heavy (non-hydrogen) atoms. The first-order chi connectivity index (χ1) is 7.34. The van der Waals surface area contributed by atoms with Gasteiger partial charge in [0, 0.05) is 12.3 Å². The topological polar surface area (TPSA) is 30.0 Å². The van der Waals surface area contributed by atoms with Gasteiger partial charge in [-0.2, -0.15) is 0 Å². The summed E-state index contributed by atoms with van der Waals surface area (Å²) in [6.07, 6.45) is 7.98. The van der Waals surface area contributed by atoms with Crippen LogP contribution in [-0.2, 0) is 6.42 Å². The molecule has 1 heterocycles.